The van der Waals surface area contributed by atoms with Crippen LogP contribution in [0.1, 0.15) is 17.4 Å². The van der Waals surface area contributed by atoms with E-state index in [4.69, 9.17) is 22.1 Å². The van der Waals surface area contributed by atoms with Crippen LogP contribution in [0, 0.1) is 0 Å². The molecule has 2 aromatic rings. The highest BCUT2D eigenvalue weighted by Gasteiger charge is 2.18. The van der Waals surface area contributed by atoms with Gasteiger partial charge in [-0.1, -0.05) is 23.7 Å². The fourth-order valence-corrected chi connectivity index (χ4v) is 1.78. The smallest absolute Gasteiger partial charge is 0.360 e. The van der Waals surface area contributed by atoms with Crippen LogP contribution in [-0.2, 0) is 4.74 Å². The quantitative estimate of drug-likeness (QED) is 0.865. The van der Waals surface area contributed by atoms with Gasteiger partial charge >= 0.3 is 5.97 Å². The number of anilines is 1. The summed E-state index contributed by atoms with van der Waals surface area (Å²) in [6, 6.07) is 7.16. The zero-order chi connectivity index (χ0) is 13.1. The number of carbonyl (C=O) groups excluding carboxylic acids is 1. The maximum atomic E-state index is 11.6. The van der Waals surface area contributed by atoms with Crippen LogP contribution in [-0.4, -0.2) is 22.1 Å². The minimum atomic E-state index is -0.541. The summed E-state index contributed by atoms with van der Waals surface area (Å²) in [7, 11) is 0. The van der Waals surface area contributed by atoms with E-state index in [0.717, 1.165) is 0 Å². The molecule has 0 fully saturated rings. The van der Waals surface area contributed by atoms with Crippen LogP contribution in [0.2, 0.25) is 5.02 Å². The standard InChI is InChI=1S/C12H12ClN3O2/c1-2-18-12(17)10-11(14)16(7-15-10)9-6-4-3-5-8(9)13/h3-7H,2,14H2,1H3. The van der Waals surface area contributed by atoms with Gasteiger partial charge in [-0.3, -0.25) is 4.57 Å². The van der Waals surface area contributed by atoms with E-state index < -0.39 is 5.97 Å². The Morgan fingerprint density at radius 2 is 2.22 bits per heavy atom. The van der Waals surface area contributed by atoms with Crippen molar-refractivity contribution in [2.75, 3.05) is 12.3 Å². The number of rotatable bonds is 3. The maximum Gasteiger partial charge on any atom is 0.360 e. The summed E-state index contributed by atoms with van der Waals surface area (Å²) in [4.78, 5) is 15.5. The molecule has 6 heteroatoms. The second-order valence-electron chi connectivity index (χ2n) is 3.52. The van der Waals surface area contributed by atoms with Gasteiger partial charge in [0.2, 0.25) is 0 Å². The predicted molar refractivity (Wildman–Crippen MR) is 68.9 cm³/mol. The lowest BCUT2D eigenvalue weighted by Gasteiger charge is -2.07. The molecular formula is C12H12ClN3O2. The number of carbonyl (C=O) groups is 1. The highest BCUT2D eigenvalue weighted by atomic mass is 35.5. The predicted octanol–water partition coefficient (Wildman–Crippen LogP) is 2.28. The van der Waals surface area contributed by atoms with Crippen LogP contribution in [0.4, 0.5) is 5.82 Å². The van der Waals surface area contributed by atoms with Crippen molar-refractivity contribution in [1.29, 1.82) is 0 Å². The molecule has 0 saturated heterocycles. The number of imidazole rings is 1. The van der Waals surface area contributed by atoms with Crippen LogP contribution < -0.4 is 5.73 Å². The van der Waals surface area contributed by atoms with E-state index in [1.54, 1.807) is 23.6 Å². The first-order chi connectivity index (χ1) is 8.65. The number of esters is 1. The average molecular weight is 266 g/mol. The number of hydrogen-bond donors (Lipinski definition) is 1. The van der Waals surface area contributed by atoms with Gasteiger partial charge in [0.15, 0.2) is 5.69 Å². The number of ether oxygens (including phenoxy) is 1. The van der Waals surface area contributed by atoms with Gasteiger partial charge in [0.05, 0.1) is 17.3 Å². The minimum Gasteiger partial charge on any atom is -0.461 e. The molecule has 0 aliphatic heterocycles. The summed E-state index contributed by atoms with van der Waals surface area (Å²) in [5.41, 5.74) is 6.64. The van der Waals surface area contributed by atoms with E-state index >= 15 is 0 Å². The molecule has 0 unspecified atom stereocenters. The van der Waals surface area contributed by atoms with Crippen LogP contribution >= 0.6 is 11.6 Å². The molecule has 0 bridgehead atoms. The topological polar surface area (TPSA) is 70.1 Å². The normalized spacial score (nSPS) is 10.3. The van der Waals surface area contributed by atoms with Crippen LogP contribution in [0.15, 0.2) is 30.6 Å². The van der Waals surface area contributed by atoms with E-state index in [-0.39, 0.29) is 18.1 Å². The highest BCUT2D eigenvalue weighted by Crippen LogP contribution is 2.24. The molecule has 0 amide bonds. The molecule has 2 rings (SSSR count). The van der Waals surface area contributed by atoms with Crippen LogP contribution in [0.25, 0.3) is 5.69 Å². The molecular weight excluding hydrogens is 254 g/mol. The second kappa shape index (κ2) is 5.10. The third-order valence-electron chi connectivity index (χ3n) is 2.39. The maximum absolute atomic E-state index is 11.6. The molecule has 18 heavy (non-hydrogen) atoms. The first-order valence-corrected chi connectivity index (χ1v) is 5.77. The zero-order valence-corrected chi connectivity index (χ0v) is 10.5. The molecule has 1 aromatic heterocycles. The Morgan fingerprint density at radius 3 is 2.89 bits per heavy atom. The number of benzene rings is 1. The third kappa shape index (κ3) is 2.17. The first-order valence-electron chi connectivity index (χ1n) is 5.40. The number of para-hydroxylation sites is 1. The van der Waals surface area contributed by atoms with Crippen LogP contribution in [0.3, 0.4) is 0 Å². The van der Waals surface area contributed by atoms with Gasteiger partial charge in [-0.25, -0.2) is 9.78 Å². The van der Waals surface area contributed by atoms with E-state index in [2.05, 4.69) is 4.98 Å². The van der Waals surface area contributed by atoms with E-state index in [0.29, 0.717) is 10.7 Å². The van der Waals surface area contributed by atoms with Crippen LogP contribution in [0.5, 0.6) is 0 Å². The average Bonchev–Trinajstić information content (AvgIpc) is 2.72. The van der Waals surface area contributed by atoms with Crippen molar-refractivity contribution in [1.82, 2.24) is 9.55 Å². The number of nitrogens with zero attached hydrogens (tertiary/aromatic N) is 2. The van der Waals surface area contributed by atoms with Gasteiger partial charge in [-0.05, 0) is 19.1 Å². The highest BCUT2D eigenvalue weighted by molar-refractivity contribution is 6.32. The Morgan fingerprint density at radius 1 is 1.50 bits per heavy atom. The number of hydrogen-bond acceptors (Lipinski definition) is 4. The van der Waals surface area contributed by atoms with Crippen molar-refractivity contribution in [2.45, 2.75) is 6.92 Å². The molecule has 2 N–H and O–H groups in total. The number of aromatic nitrogens is 2. The van der Waals surface area contributed by atoms with Gasteiger partial charge in [0.25, 0.3) is 0 Å². The summed E-state index contributed by atoms with van der Waals surface area (Å²) in [5.74, 6) is -0.331. The molecule has 0 atom stereocenters. The third-order valence-corrected chi connectivity index (χ3v) is 2.70. The lowest BCUT2D eigenvalue weighted by molar-refractivity contribution is 0.0521. The Hall–Kier alpha value is -2.01. The Bertz CT molecular complexity index is 580. The van der Waals surface area contributed by atoms with Crippen molar-refractivity contribution in [3.63, 3.8) is 0 Å². The molecule has 94 valence electrons. The Labute approximate surface area is 109 Å². The van der Waals surface area contributed by atoms with E-state index in [1.165, 1.54) is 6.33 Å². The number of nitrogen functional groups attached to an aromatic ring is 1. The molecule has 0 saturated carbocycles. The van der Waals surface area contributed by atoms with Crippen molar-refractivity contribution < 1.29 is 9.53 Å². The molecule has 0 radical (unpaired) electrons. The summed E-state index contributed by atoms with van der Waals surface area (Å²) < 4.78 is 6.41. The fraction of sp³-hybridized carbons (Fsp3) is 0.167. The van der Waals surface area contributed by atoms with Crippen molar-refractivity contribution in [3.05, 3.63) is 41.3 Å². The molecule has 1 heterocycles. The summed E-state index contributed by atoms with van der Waals surface area (Å²) in [5, 5.41) is 0.525. The SMILES string of the molecule is CCOC(=O)c1ncn(-c2ccccc2Cl)c1N. The number of nitrogens with two attached hydrogens (primary N) is 1. The van der Waals surface area contributed by atoms with Gasteiger partial charge in [-0.15, -0.1) is 0 Å². The van der Waals surface area contributed by atoms with E-state index in [9.17, 15) is 4.79 Å². The lowest BCUT2D eigenvalue weighted by atomic mass is 10.3. The van der Waals surface area contributed by atoms with Crippen molar-refractivity contribution in [3.8, 4) is 5.69 Å². The number of halogens is 1. The minimum absolute atomic E-state index is 0.0942. The van der Waals surface area contributed by atoms with E-state index in [1.807, 2.05) is 12.1 Å². The second-order valence-corrected chi connectivity index (χ2v) is 3.93. The Kier molecular flexibility index (Phi) is 3.53. The van der Waals surface area contributed by atoms with Crippen molar-refractivity contribution in [2.24, 2.45) is 0 Å². The molecule has 0 aliphatic rings. The monoisotopic (exact) mass is 265 g/mol. The van der Waals surface area contributed by atoms with Gasteiger partial charge < -0.3 is 10.5 Å². The summed E-state index contributed by atoms with van der Waals surface area (Å²) >= 11 is 6.06. The largest absolute Gasteiger partial charge is 0.461 e. The van der Waals surface area contributed by atoms with Gasteiger partial charge in [-0.2, -0.15) is 0 Å². The molecule has 1 aromatic carbocycles. The molecule has 0 aliphatic carbocycles. The zero-order valence-electron chi connectivity index (χ0n) is 9.76. The Balaban J connectivity index is 2.43. The summed E-state index contributed by atoms with van der Waals surface area (Å²) in [6.07, 6.45) is 1.45. The molecule has 5 nitrogen and oxygen atoms in total. The lowest BCUT2D eigenvalue weighted by Crippen LogP contribution is -2.09. The van der Waals surface area contributed by atoms with Gasteiger partial charge in [0, 0.05) is 0 Å². The molecule has 0 spiro atoms. The fourth-order valence-electron chi connectivity index (χ4n) is 1.55. The van der Waals surface area contributed by atoms with Gasteiger partial charge in [0.1, 0.15) is 12.1 Å². The summed E-state index contributed by atoms with van der Waals surface area (Å²) in [6.45, 7) is 2.00. The van der Waals surface area contributed by atoms with Crippen molar-refractivity contribution >= 4 is 23.4 Å². The first kappa shape index (κ1) is 12.4.